The molecule has 0 bridgehead atoms. The number of rotatable bonds is 6. The first-order chi connectivity index (χ1) is 18.7. The van der Waals surface area contributed by atoms with Crippen LogP contribution in [-0.4, -0.2) is 108 Å². The number of likely N-dealkylation sites (tertiary alicyclic amines) is 2. The second-order valence-electron chi connectivity index (χ2n) is 11.2. The number of likely N-dealkylation sites (N-methyl/N-ethyl adjacent to an activating group) is 1. The van der Waals surface area contributed by atoms with Crippen molar-refractivity contribution < 1.29 is 19.2 Å². The van der Waals surface area contributed by atoms with Crippen molar-refractivity contribution in [2.45, 2.75) is 44.8 Å². The first-order valence-corrected chi connectivity index (χ1v) is 14.6. The maximum absolute atomic E-state index is 13.8. The number of fused-ring (bicyclic) bond motifs is 1. The number of benzene rings is 1. The van der Waals surface area contributed by atoms with Gasteiger partial charge in [-0.05, 0) is 43.5 Å². The van der Waals surface area contributed by atoms with E-state index < -0.39 is 12.1 Å². The van der Waals surface area contributed by atoms with Crippen LogP contribution >= 0.6 is 11.3 Å². The summed E-state index contributed by atoms with van der Waals surface area (Å²) in [4.78, 5) is 62.3. The molecule has 3 aliphatic heterocycles. The molecule has 0 saturated carbocycles. The van der Waals surface area contributed by atoms with E-state index in [1.165, 1.54) is 11.3 Å². The Bertz CT molecular complexity index is 1220. The second kappa shape index (κ2) is 11.5. The Morgan fingerprint density at radius 1 is 0.974 bits per heavy atom. The van der Waals surface area contributed by atoms with Gasteiger partial charge in [-0.25, -0.2) is 4.79 Å². The van der Waals surface area contributed by atoms with Gasteiger partial charge in [-0.3, -0.25) is 14.4 Å². The van der Waals surface area contributed by atoms with Crippen LogP contribution in [0.2, 0.25) is 0 Å². The summed E-state index contributed by atoms with van der Waals surface area (Å²) in [6.07, 6.45) is 1.03. The standard InChI is InChI=1S/C29H37N5O4S/c1-19(2)17-21(30-27(36)25-10-9-24(39-25)20-7-5-4-6-8-20)28(37)33-12-11-22-26(33)23(35)18-34(22)29(38)32-15-13-31(3)14-16-32/h4-10,19,21-22,26H,11-18H2,1-3H3,(H,30,36). The van der Waals surface area contributed by atoms with Gasteiger partial charge >= 0.3 is 6.03 Å². The molecular weight excluding hydrogens is 514 g/mol. The molecular formula is C29H37N5O4S. The summed E-state index contributed by atoms with van der Waals surface area (Å²) in [6, 6.07) is 11.8. The Balaban J connectivity index is 1.28. The summed E-state index contributed by atoms with van der Waals surface area (Å²) < 4.78 is 0. The van der Waals surface area contributed by atoms with E-state index >= 15 is 0 Å². The molecule has 9 nitrogen and oxygen atoms in total. The number of amides is 4. The van der Waals surface area contributed by atoms with E-state index in [1.807, 2.05) is 62.2 Å². The van der Waals surface area contributed by atoms with Crippen molar-refractivity contribution in [1.29, 1.82) is 0 Å². The molecule has 3 aliphatic rings. The van der Waals surface area contributed by atoms with E-state index in [4.69, 9.17) is 0 Å². The number of nitrogens with one attached hydrogen (secondary N) is 1. The fourth-order valence-electron chi connectivity index (χ4n) is 5.85. The average Bonchev–Trinajstić information content (AvgIpc) is 3.66. The van der Waals surface area contributed by atoms with E-state index in [2.05, 4.69) is 10.2 Å². The summed E-state index contributed by atoms with van der Waals surface area (Å²) in [5.74, 6) is -0.475. The van der Waals surface area contributed by atoms with Gasteiger partial charge in [-0.2, -0.15) is 0 Å². The molecule has 0 radical (unpaired) electrons. The van der Waals surface area contributed by atoms with Crippen LogP contribution in [0.25, 0.3) is 10.4 Å². The van der Waals surface area contributed by atoms with Crippen molar-refractivity contribution in [1.82, 2.24) is 24.9 Å². The maximum atomic E-state index is 13.8. The van der Waals surface area contributed by atoms with Gasteiger partial charge in [0.25, 0.3) is 5.91 Å². The number of Topliss-reactive ketones (excluding diaryl/α,β-unsaturated/α-hetero) is 1. The van der Waals surface area contributed by atoms with Gasteiger partial charge in [-0.15, -0.1) is 11.3 Å². The number of thiophene rings is 1. The van der Waals surface area contributed by atoms with Gasteiger partial charge < -0.3 is 24.9 Å². The summed E-state index contributed by atoms with van der Waals surface area (Å²) >= 11 is 1.39. The number of carbonyl (C=O) groups is 4. The summed E-state index contributed by atoms with van der Waals surface area (Å²) in [7, 11) is 2.03. The SMILES string of the molecule is CC(C)CC(NC(=O)c1ccc(-c2ccccc2)s1)C(=O)N1CCC2C1C(=O)CN2C(=O)N1CCN(C)CC1. The molecule has 3 saturated heterocycles. The zero-order chi connectivity index (χ0) is 27.7. The fourth-order valence-corrected chi connectivity index (χ4v) is 6.76. The molecule has 0 aliphatic carbocycles. The monoisotopic (exact) mass is 551 g/mol. The van der Waals surface area contributed by atoms with Crippen LogP contribution < -0.4 is 5.32 Å². The van der Waals surface area contributed by atoms with Crippen molar-refractivity contribution >= 4 is 35.0 Å². The van der Waals surface area contributed by atoms with E-state index in [9.17, 15) is 19.2 Å². The third-order valence-electron chi connectivity index (χ3n) is 7.92. The number of carbonyl (C=O) groups excluding carboxylic acids is 4. The van der Waals surface area contributed by atoms with Gasteiger partial charge in [0.1, 0.15) is 12.1 Å². The summed E-state index contributed by atoms with van der Waals surface area (Å²) in [6.45, 7) is 7.33. The minimum absolute atomic E-state index is 0.0307. The minimum Gasteiger partial charge on any atom is -0.340 e. The predicted molar refractivity (Wildman–Crippen MR) is 151 cm³/mol. The number of hydrogen-bond donors (Lipinski definition) is 1. The number of nitrogens with zero attached hydrogens (tertiary/aromatic N) is 4. The number of urea groups is 1. The highest BCUT2D eigenvalue weighted by Gasteiger charge is 2.53. The normalized spacial score (nSPS) is 22.4. The lowest BCUT2D eigenvalue weighted by Crippen LogP contribution is -2.54. The molecule has 4 amide bonds. The van der Waals surface area contributed by atoms with Crippen LogP contribution in [0.5, 0.6) is 0 Å². The van der Waals surface area contributed by atoms with Crippen LogP contribution in [0.4, 0.5) is 4.79 Å². The molecule has 10 heteroatoms. The Morgan fingerprint density at radius 3 is 2.38 bits per heavy atom. The average molecular weight is 552 g/mol. The van der Waals surface area contributed by atoms with Crippen molar-refractivity contribution in [2.24, 2.45) is 5.92 Å². The Labute approximate surface area is 233 Å². The van der Waals surface area contributed by atoms with Crippen LogP contribution in [0.15, 0.2) is 42.5 Å². The van der Waals surface area contributed by atoms with E-state index in [0.717, 1.165) is 23.5 Å². The molecule has 4 heterocycles. The molecule has 2 aromatic rings. The lowest BCUT2D eigenvalue weighted by Gasteiger charge is -2.36. The van der Waals surface area contributed by atoms with Gasteiger partial charge in [0.2, 0.25) is 5.91 Å². The fraction of sp³-hybridized carbons (Fsp3) is 0.517. The van der Waals surface area contributed by atoms with Crippen LogP contribution in [-0.2, 0) is 9.59 Å². The zero-order valence-corrected chi connectivity index (χ0v) is 23.7. The predicted octanol–water partition coefficient (Wildman–Crippen LogP) is 2.78. The Morgan fingerprint density at radius 2 is 1.69 bits per heavy atom. The number of piperazine rings is 1. The van der Waals surface area contributed by atoms with E-state index in [-0.39, 0.29) is 42.1 Å². The second-order valence-corrected chi connectivity index (χ2v) is 12.3. The highest BCUT2D eigenvalue weighted by atomic mass is 32.1. The van der Waals surface area contributed by atoms with Gasteiger partial charge in [0.15, 0.2) is 5.78 Å². The quantitative estimate of drug-likeness (QED) is 0.596. The molecule has 1 aromatic carbocycles. The molecule has 3 fully saturated rings. The highest BCUT2D eigenvalue weighted by molar-refractivity contribution is 7.17. The highest BCUT2D eigenvalue weighted by Crippen LogP contribution is 2.32. The minimum atomic E-state index is -0.742. The first kappa shape index (κ1) is 27.3. The smallest absolute Gasteiger partial charge is 0.320 e. The third-order valence-corrected chi connectivity index (χ3v) is 9.06. The van der Waals surface area contributed by atoms with Crippen molar-refractivity contribution in [3.05, 3.63) is 47.3 Å². The molecule has 1 N–H and O–H groups in total. The first-order valence-electron chi connectivity index (χ1n) is 13.8. The third kappa shape index (κ3) is 5.72. The molecule has 208 valence electrons. The van der Waals surface area contributed by atoms with Crippen molar-refractivity contribution in [2.75, 3.05) is 46.3 Å². The van der Waals surface area contributed by atoms with Crippen molar-refractivity contribution in [3.8, 4) is 10.4 Å². The van der Waals surface area contributed by atoms with Crippen LogP contribution in [0.3, 0.4) is 0 Å². The molecule has 39 heavy (non-hydrogen) atoms. The molecule has 5 rings (SSSR count). The van der Waals surface area contributed by atoms with E-state index in [1.54, 1.807) is 15.9 Å². The van der Waals surface area contributed by atoms with Gasteiger partial charge in [0, 0.05) is 37.6 Å². The topological polar surface area (TPSA) is 93.3 Å². The number of ketones is 1. The van der Waals surface area contributed by atoms with Crippen LogP contribution in [0.1, 0.15) is 36.4 Å². The number of hydrogen-bond acceptors (Lipinski definition) is 6. The largest absolute Gasteiger partial charge is 0.340 e. The van der Waals surface area contributed by atoms with Gasteiger partial charge in [-0.1, -0.05) is 44.2 Å². The van der Waals surface area contributed by atoms with Crippen molar-refractivity contribution in [3.63, 3.8) is 0 Å². The summed E-state index contributed by atoms with van der Waals surface area (Å²) in [5.41, 5.74) is 1.04. The lowest BCUT2D eigenvalue weighted by molar-refractivity contribution is -0.138. The lowest BCUT2D eigenvalue weighted by atomic mass is 10.0. The molecule has 1 aromatic heterocycles. The Hall–Kier alpha value is -3.24. The van der Waals surface area contributed by atoms with Crippen LogP contribution in [0, 0.1) is 5.92 Å². The summed E-state index contributed by atoms with van der Waals surface area (Å²) in [5, 5.41) is 2.97. The van der Waals surface area contributed by atoms with E-state index in [0.29, 0.717) is 37.4 Å². The van der Waals surface area contributed by atoms with Gasteiger partial charge in [0.05, 0.1) is 17.5 Å². The molecule has 3 atom stereocenters. The molecule has 3 unspecified atom stereocenters. The Kier molecular flexibility index (Phi) is 8.04. The maximum Gasteiger partial charge on any atom is 0.320 e. The zero-order valence-electron chi connectivity index (χ0n) is 22.8. The molecule has 0 spiro atoms.